The van der Waals surface area contributed by atoms with Crippen molar-refractivity contribution in [2.45, 2.75) is 33.4 Å². The number of allylic oxidation sites excluding steroid dienone is 1. The number of halogens is 1. The standard InChI is InChI=1S/C37H34IN3O9S/c1-6-47-28-15-24(12-13-27(28)49-20-31(42)46-5)33-32(36(44)48-7-2)21(3)40-37-41(33)35(43)30(51-37)16-25-14-26(38)17-29(45-4)34(25)50-19-23-10-8-22(18-39)9-11-23/h8-17,33H,6-7,19-20H2,1-5H3/b30-16+/t33-/m1/s1. The molecule has 0 bridgehead atoms. The third kappa shape index (κ3) is 8.26. The molecule has 2 heterocycles. The van der Waals surface area contributed by atoms with Crippen LogP contribution in [0.2, 0.25) is 0 Å². The zero-order valence-electron chi connectivity index (χ0n) is 28.5. The molecule has 1 aliphatic rings. The summed E-state index contributed by atoms with van der Waals surface area (Å²) >= 11 is 3.34. The van der Waals surface area contributed by atoms with Gasteiger partial charge < -0.3 is 28.4 Å². The highest BCUT2D eigenvalue weighted by Gasteiger charge is 2.34. The van der Waals surface area contributed by atoms with Crippen LogP contribution in [0.4, 0.5) is 0 Å². The van der Waals surface area contributed by atoms with Gasteiger partial charge in [-0.2, -0.15) is 5.26 Å². The van der Waals surface area contributed by atoms with Gasteiger partial charge in [-0.25, -0.2) is 14.6 Å². The summed E-state index contributed by atoms with van der Waals surface area (Å²) in [5.41, 5.74) is 2.73. The van der Waals surface area contributed by atoms with Crippen molar-refractivity contribution < 1.29 is 38.0 Å². The summed E-state index contributed by atoms with van der Waals surface area (Å²) in [5.74, 6) is 0.336. The van der Waals surface area contributed by atoms with E-state index in [1.807, 2.05) is 24.3 Å². The Morgan fingerprint density at radius 1 is 1.00 bits per heavy atom. The van der Waals surface area contributed by atoms with Gasteiger partial charge in [0.15, 0.2) is 34.4 Å². The first kappa shape index (κ1) is 37.1. The molecule has 0 aliphatic carbocycles. The largest absolute Gasteiger partial charge is 0.493 e. The molecule has 14 heteroatoms. The molecule has 0 amide bonds. The van der Waals surface area contributed by atoms with Crippen molar-refractivity contribution in [1.82, 2.24) is 4.57 Å². The summed E-state index contributed by atoms with van der Waals surface area (Å²) in [6.45, 7) is 5.47. The Kier molecular flexibility index (Phi) is 12.2. The molecular weight excluding hydrogens is 789 g/mol. The zero-order valence-corrected chi connectivity index (χ0v) is 31.5. The van der Waals surface area contributed by atoms with Crippen molar-refractivity contribution >= 4 is 51.9 Å². The molecule has 264 valence electrons. The number of nitriles is 1. The first-order valence-electron chi connectivity index (χ1n) is 15.8. The molecule has 0 radical (unpaired) electrons. The number of thiazole rings is 1. The molecule has 0 spiro atoms. The van der Waals surface area contributed by atoms with Gasteiger partial charge >= 0.3 is 11.9 Å². The Morgan fingerprint density at radius 2 is 1.76 bits per heavy atom. The first-order chi connectivity index (χ1) is 24.6. The molecule has 0 saturated carbocycles. The van der Waals surface area contributed by atoms with Gasteiger partial charge in [0.1, 0.15) is 6.61 Å². The predicted octanol–water partition coefficient (Wildman–Crippen LogP) is 4.81. The quantitative estimate of drug-likeness (QED) is 0.136. The number of esters is 2. The molecule has 1 aromatic heterocycles. The Balaban J connectivity index is 1.65. The van der Waals surface area contributed by atoms with Crippen LogP contribution in [-0.2, 0) is 25.7 Å². The number of carbonyl (C=O) groups excluding carboxylic acids is 2. The van der Waals surface area contributed by atoms with Crippen molar-refractivity contribution in [1.29, 1.82) is 5.26 Å². The van der Waals surface area contributed by atoms with E-state index in [9.17, 15) is 14.4 Å². The first-order valence-corrected chi connectivity index (χ1v) is 17.7. The summed E-state index contributed by atoms with van der Waals surface area (Å²) in [6.07, 6.45) is 1.72. The molecule has 0 unspecified atom stereocenters. The highest BCUT2D eigenvalue weighted by atomic mass is 127. The third-order valence-electron chi connectivity index (χ3n) is 7.69. The molecule has 4 aromatic rings. The van der Waals surface area contributed by atoms with E-state index < -0.39 is 23.5 Å². The second-order valence-electron chi connectivity index (χ2n) is 10.9. The lowest BCUT2D eigenvalue weighted by atomic mass is 9.95. The highest BCUT2D eigenvalue weighted by molar-refractivity contribution is 14.1. The van der Waals surface area contributed by atoms with Gasteiger partial charge in [0, 0.05) is 9.13 Å². The van der Waals surface area contributed by atoms with Crippen LogP contribution in [0.5, 0.6) is 23.0 Å². The lowest BCUT2D eigenvalue weighted by Gasteiger charge is -2.25. The zero-order chi connectivity index (χ0) is 36.7. The summed E-state index contributed by atoms with van der Waals surface area (Å²) in [7, 11) is 2.81. The average molecular weight is 824 g/mol. The van der Waals surface area contributed by atoms with Crippen molar-refractivity contribution in [3.63, 3.8) is 0 Å². The number of methoxy groups -OCH3 is 2. The van der Waals surface area contributed by atoms with Gasteiger partial charge in [-0.15, -0.1) is 0 Å². The van der Waals surface area contributed by atoms with Gasteiger partial charge in [-0.1, -0.05) is 29.5 Å². The Bertz CT molecular complexity index is 2220. The maximum absolute atomic E-state index is 14.4. The van der Waals surface area contributed by atoms with E-state index >= 15 is 0 Å². The monoisotopic (exact) mass is 823 g/mol. The minimum atomic E-state index is -0.922. The van der Waals surface area contributed by atoms with Gasteiger partial charge in [-0.3, -0.25) is 9.36 Å². The Labute approximate surface area is 311 Å². The van der Waals surface area contributed by atoms with Gasteiger partial charge in [0.05, 0.1) is 60.9 Å². The van der Waals surface area contributed by atoms with Crippen LogP contribution in [0, 0.1) is 14.9 Å². The molecule has 0 saturated heterocycles. The van der Waals surface area contributed by atoms with Crippen LogP contribution in [0.25, 0.3) is 6.08 Å². The predicted molar refractivity (Wildman–Crippen MR) is 197 cm³/mol. The molecule has 51 heavy (non-hydrogen) atoms. The number of rotatable bonds is 13. The van der Waals surface area contributed by atoms with Crippen molar-refractivity contribution in [3.05, 3.63) is 111 Å². The number of benzene rings is 3. The van der Waals surface area contributed by atoms with E-state index in [0.29, 0.717) is 49.0 Å². The van der Waals surface area contributed by atoms with Crippen molar-refractivity contribution in [3.8, 4) is 29.1 Å². The summed E-state index contributed by atoms with van der Waals surface area (Å²) < 4.78 is 36.2. The molecule has 5 rings (SSSR count). The third-order valence-corrected chi connectivity index (χ3v) is 9.30. The van der Waals surface area contributed by atoms with E-state index in [1.54, 1.807) is 64.3 Å². The molecule has 12 nitrogen and oxygen atoms in total. The van der Waals surface area contributed by atoms with E-state index in [-0.39, 0.29) is 37.8 Å². The number of ether oxygens (including phenoxy) is 6. The molecule has 1 aliphatic heterocycles. The number of hydrogen-bond acceptors (Lipinski definition) is 12. The van der Waals surface area contributed by atoms with Crippen LogP contribution >= 0.6 is 33.9 Å². The second-order valence-corrected chi connectivity index (χ2v) is 13.2. The van der Waals surface area contributed by atoms with Crippen LogP contribution < -0.4 is 33.8 Å². The molecule has 3 aromatic carbocycles. The van der Waals surface area contributed by atoms with Gasteiger partial charge in [0.2, 0.25) is 0 Å². The number of fused-ring (bicyclic) bond motifs is 1. The van der Waals surface area contributed by atoms with Crippen LogP contribution in [-0.4, -0.2) is 50.5 Å². The second kappa shape index (κ2) is 16.7. The van der Waals surface area contributed by atoms with E-state index in [4.69, 9.17) is 33.7 Å². The fourth-order valence-corrected chi connectivity index (χ4v) is 7.01. The molecule has 0 N–H and O–H groups in total. The Hall–Kier alpha value is -5.14. The van der Waals surface area contributed by atoms with Gasteiger partial charge in [-0.05, 0) is 97.0 Å². The lowest BCUT2D eigenvalue weighted by Crippen LogP contribution is -2.40. The topological polar surface area (TPSA) is 148 Å². The van der Waals surface area contributed by atoms with E-state index in [0.717, 1.165) is 9.13 Å². The molecule has 1 atom stereocenters. The number of nitrogens with zero attached hydrogens (tertiary/aromatic N) is 3. The lowest BCUT2D eigenvalue weighted by molar-refractivity contribution is -0.143. The molecular formula is C37H34IN3O9S. The summed E-state index contributed by atoms with van der Waals surface area (Å²) in [5, 5.41) is 9.16. The fraction of sp³-hybridized carbons (Fsp3) is 0.270. The summed E-state index contributed by atoms with van der Waals surface area (Å²) in [6, 6.07) is 17.0. The number of hydrogen-bond donors (Lipinski definition) is 0. The van der Waals surface area contributed by atoms with Crippen molar-refractivity contribution in [2.75, 3.05) is 34.0 Å². The fourth-order valence-electron chi connectivity index (χ4n) is 5.36. The number of carbonyl (C=O) groups is 2. The summed E-state index contributed by atoms with van der Waals surface area (Å²) in [4.78, 5) is 44.7. The van der Waals surface area contributed by atoms with E-state index in [2.05, 4.69) is 33.7 Å². The minimum Gasteiger partial charge on any atom is -0.493 e. The Morgan fingerprint density at radius 3 is 2.43 bits per heavy atom. The maximum Gasteiger partial charge on any atom is 0.343 e. The number of aromatic nitrogens is 1. The minimum absolute atomic E-state index is 0.122. The van der Waals surface area contributed by atoms with Gasteiger partial charge in [0.25, 0.3) is 5.56 Å². The van der Waals surface area contributed by atoms with Crippen LogP contribution in [0.15, 0.2) is 75.7 Å². The SMILES string of the molecule is CCOC(=O)C1=C(C)N=c2s/c(=C/c3cc(I)cc(OC)c3OCc3ccc(C#N)cc3)c(=O)n2[C@@H]1c1ccc(OCC(=O)OC)c(OCC)c1. The molecule has 0 fully saturated rings. The highest BCUT2D eigenvalue weighted by Crippen LogP contribution is 2.37. The normalized spacial score (nSPS) is 13.8. The van der Waals surface area contributed by atoms with Crippen molar-refractivity contribution in [2.24, 2.45) is 4.99 Å². The average Bonchev–Trinajstić information content (AvgIpc) is 3.43. The smallest absolute Gasteiger partial charge is 0.343 e. The van der Waals surface area contributed by atoms with E-state index in [1.165, 1.54) is 23.0 Å². The maximum atomic E-state index is 14.4. The van der Waals surface area contributed by atoms with Crippen LogP contribution in [0.1, 0.15) is 49.1 Å². The van der Waals surface area contributed by atoms with Crippen LogP contribution in [0.3, 0.4) is 0 Å².